The number of hydrazone groups is 1. The zero-order valence-corrected chi connectivity index (χ0v) is 23.5. The first-order valence-corrected chi connectivity index (χ1v) is 13.4. The van der Waals surface area contributed by atoms with E-state index >= 15 is 0 Å². The molecule has 3 aromatic carbocycles. The van der Waals surface area contributed by atoms with Crippen molar-refractivity contribution in [3.05, 3.63) is 97.1 Å². The molecule has 0 saturated heterocycles. The lowest BCUT2D eigenvalue weighted by Crippen LogP contribution is -2.35. The number of rotatable bonds is 6. The van der Waals surface area contributed by atoms with Crippen molar-refractivity contribution in [2.24, 2.45) is 10.1 Å². The highest BCUT2D eigenvalue weighted by atomic mass is 127. The summed E-state index contributed by atoms with van der Waals surface area (Å²) in [7, 11) is 1.57. The number of nitrogens with zero attached hydrogens (tertiary/aromatic N) is 3. The maximum atomic E-state index is 12.9. The average molecular weight is 643 g/mol. The van der Waals surface area contributed by atoms with Crippen LogP contribution in [0.25, 0.3) is 6.08 Å². The van der Waals surface area contributed by atoms with E-state index in [1.165, 1.54) is 16.8 Å². The minimum atomic E-state index is -0.506. The third kappa shape index (κ3) is 5.16. The molecule has 0 aliphatic carbocycles. The van der Waals surface area contributed by atoms with Gasteiger partial charge in [0.2, 0.25) is 5.17 Å². The van der Waals surface area contributed by atoms with Gasteiger partial charge in [0.1, 0.15) is 11.7 Å². The van der Waals surface area contributed by atoms with Crippen LogP contribution in [0.1, 0.15) is 22.3 Å². The molecule has 37 heavy (non-hydrogen) atoms. The number of nitrogens with one attached hydrogen (secondary N) is 1. The Morgan fingerprint density at radius 3 is 2.68 bits per heavy atom. The number of fused-ring (bicyclic) bond motifs is 1. The Kier molecular flexibility index (Phi) is 7.36. The molecule has 0 unspecified atom stereocenters. The van der Waals surface area contributed by atoms with Gasteiger partial charge in [-0.25, -0.2) is 0 Å². The molecule has 0 atom stereocenters. The van der Waals surface area contributed by atoms with E-state index in [1.54, 1.807) is 25.3 Å². The van der Waals surface area contributed by atoms with Crippen molar-refractivity contribution in [2.45, 2.75) is 13.5 Å². The van der Waals surface area contributed by atoms with Crippen LogP contribution in [-0.2, 0) is 11.4 Å². The second kappa shape index (κ2) is 10.7. The Morgan fingerprint density at radius 1 is 1.16 bits per heavy atom. The van der Waals surface area contributed by atoms with Crippen molar-refractivity contribution in [3.63, 3.8) is 0 Å². The summed E-state index contributed by atoms with van der Waals surface area (Å²) >= 11 is 9.70. The van der Waals surface area contributed by atoms with Crippen LogP contribution in [0.15, 0.2) is 76.3 Å². The fourth-order valence-corrected chi connectivity index (χ4v) is 5.78. The minimum Gasteiger partial charge on any atom is -0.493 e. The summed E-state index contributed by atoms with van der Waals surface area (Å²) in [6.07, 6.45) is 1.62. The molecular weight excluding hydrogens is 623 g/mol. The Hall–Kier alpha value is -3.15. The molecule has 2 heterocycles. The van der Waals surface area contributed by atoms with E-state index in [-0.39, 0.29) is 11.4 Å². The lowest BCUT2D eigenvalue weighted by Gasteiger charge is -2.20. The summed E-state index contributed by atoms with van der Waals surface area (Å²) < 4.78 is 12.5. The number of hydrogen-bond acceptors (Lipinski definition) is 6. The van der Waals surface area contributed by atoms with Crippen molar-refractivity contribution in [3.8, 4) is 11.5 Å². The topological polar surface area (TPSA) is 87.3 Å². The van der Waals surface area contributed by atoms with Crippen molar-refractivity contribution in [2.75, 3.05) is 7.11 Å². The second-order valence-corrected chi connectivity index (χ2v) is 10.7. The summed E-state index contributed by atoms with van der Waals surface area (Å²) in [5, 5.41) is 16.0. The van der Waals surface area contributed by atoms with Crippen LogP contribution in [0.2, 0.25) is 5.02 Å². The highest BCUT2D eigenvalue weighted by Gasteiger charge is 2.36. The summed E-state index contributed by atoms with van der Waals surface area (Å²) in [4.78, 5) is 17.1. The SMILES string of the molecule is COc1cc(/C=C2/C(=N)N3N=C(c4ccccc4Cl)SC3=NC2=O)cc(I)c1OCc1ccccc1C. The number of amides is 1. The number of carbonyl (C=O) groups is 1. The number of hydrogen-bond donors (Lipinski definition) is 1. The van der Waals surface area contributed by atoms with Crippen molar-refractivity contribution >= 4 is 74.0 Å². The third-order valence-corrected chi connectivity index (χ3v) is 7.83. The van der Waals surface area contributed by atoms with Crippen molar-refractivity contribution < 1.29 is 14.3 Å². The highest BCUT2D eigenvalue weighted by molar-refractivity contribution is 14.1. The Labute approximate surface area is 236 Å². The monoisotopic (exact) mass is 642 g/mol. The first kappa shape index (κ1) is 25.5. The van der Waals surface area contributed by atoms with E-state index < -0.39 is 5.91 Å². The van der Waals surface area contributed by atoms with Gasteiger partial charge in [0, 0.05) is 5.56 Å². The van der Waals surface area contributed by atoms with E-state index in [2.05, 4.69) is 32.7 Å². The number of benzene rings is 3. The van der Waals surface area contributed by atoms with Gasteiger partial charge < -0.3 is 9.47 Å². The smallest absolute Gasteiger partial charge is 0.283 e. The third-order valence-electron chi connectivity index (χ3n) is 5.75. The van der Waals surface area contributed by atoms with Gasteiger partial charge in [0.25, 0.3) is 5.91 Å². The molecule has 0 spiro atoms. The maximum Gasteiger partial charge on any atom is 0.283 e. The predicted molar refractivity (Wildman–Crippen MR) is 157 cm³/mol. The van der Waals surface area contributed by atoms with Gasteiger partial charge in [0.15, 0.2) is 17.3 Å². The van der Waals surface area contributed by atoms with E-state index in [4.69, 9.17) is 26.5 Å². The quantitative estimate of drug-likeness (QED) is 0.245. The molecule has 0 radical (unpaired) electrons. The number of carbonyl (C=O) groups excluding carboxylic acids is 1. The van der Waals surface area contributed by atoms with Crippen LogP contribution >= 0.6 is 46.0 Å². The van der Waals surface area contributed by atoms with Crippen LogP contribution in [0.3, 0.4) is 0 Å². The Morgan fingerprint density at radius 2 is 1.92 bits per heavy atom. The molecule has 2 aliphatic heterocycles. The number of aliphatic imine (C=N–C) groups is 1. The molecule has 7 nitrogen and oxygen atoms in total. The molecule has 1 amide bonds. The Bertz CT molecular complexity index is 1540. The van der Waals surface area contributed by atoms with Gasteiger partial charge in [-0.2, -0.15) is 15.1 Å². The van der Waals surface area contributed by atoms with Crippen LogP contribution in [0, 0.1) is 15.9 Å². The molecule has 0 saturated carbocycles. The number of aryl methyl sites for hydroxylation is 1. The van der Waals surface area contributed by atoms with E-state index in [9.17, 15) is 4.79 Å². The van der Waals surface area contributed by atoms with Gasteiger partial charge in [0.05, 0.1) is 21.3 Å². The number of amidine groups is 2. The zero-order chi connectivity index (χ0) is 26.1. The maximum absolute atomic E-state index is 12.9. The highest BCUT2D eigenvalue weighted by Crippen LogP contribution is 2.37. The van der Waals surface area contributed by atoms with E-state index in [0.717, 1.165) is 20.3 Å². The number of thioether (sulfide) groups is 1. The summed E-state index contributed by atoms with van der Waals surface area (Å²) in [5.74, 6) is 0.581. The lowest BCUT2D eigenvalue weighted by molar-refractivity contribution is -0.114. The standard InChI is InChI=1S/C27H20ClIN4O3S/c1-15-7-3-4-8-17(15)14-36-23-21(29)12-16(13-22(23)35-2)11-19-24(30)33-27(31-25(19)34)37-26(32-33)18-9-5-6-10-20(18)28/h3-13,30H,14H2,1-2H3/b19-11-,30-24?. The fourth-order valence-electron chi connectivity index (χ4n) is 3.79. The zero-order valence-electron chi connectivity index (χ0n) is 19.8. The van der Waals surface area contributed by atoms with E-state index in [0.29, 0.717) is 38.9 Å². The Balaban J connectivity index is 1.43. The summed E-state index contributed by atoms with van der Waals surface area (Å²) in [6, 6.07) is 19.0. The summed E-state index contributed by atoms with van der Waals surface area (Å²) in [6.45, 7) is 2.44. The lowest BCUT2D eigenvalue weighted by atomic mass is 10.1. The first-order valence-electron chi connectivity index (χ1n) is 11.2. The van der Waals surface area contributed by atoms with Crippen LogP contribution in [0.4, 0.5) is 0 Å². The molecule has 0 fully saturated rings. The average Bonchev–Trinajstić information content (AvgIpc) is 3.30. The minimum absolute atomic E-state index is 0.0570. The molecule has 3 aromatic rings. The first-order chi connectivity index (χ1) is 17.9. The predicted octanol–water partition coefficient (Wildman–Crippen LogP) is 6.51. The largest absolute Gasteiger partial charge is 0.493 e. The molecule has 0 bridgehead atoms. The second-order valence-electron chi connectivity index (χ2n) is 8.15. The molecule has 10 heteroatoms. The van der Waals surface area contributed by atoms with E-state index in [1.807, 2.05) is 55.5 Å². The molecule has 0 aromatic heterocycles. The van der Waals surface area contributed by atoms with Gasteiger partial charge in [-0.05, 0) is 82.2 Å². The summed E-state index contributed by atoms with van der Waals surface area (Å²) in [5.41, 5.74) is 3.75. The van der Waals surface area contributed by atoms with Gasteiger partial charge in [-0.1, -0.05) is 54.1 Å². The fraction of sp³-hybridized carbons (Fsp3) is 0.111. The molecule has 5 rings (SSSR count). The van der Waals surface area contributed by atoms with Crippen molar-refractivity contribution in [1.29, 1.82) is 5.41 Å². The van der Waals surface area contributed by atoms with Crippen molar-refractivity contribution in [1.82, 2.24) is 5.01 Å². The number of halogens is 2. The molecule has 186 valence electrons. The molecular formula is C27H20ClIN4O3S. The van der Waals surface area contributed by atoms with Crippen LogP contribution < -0.4 is 9.47 Å². The molecule has 2 aliphatic rings. The van der Waals surface area contributed by atoms with Gasteiger partial charge in [-0.15, -0.1) is 0 Å². The normalized spacial score (nSPS) is 16.0. The number of methoxy groups -OCH3 is 1. The molecule has 1 N–H and O–H groups in total. The van der Waals surface area contributed by atoms with Gasteiger partial charge >= 0.3 is 0 Å². The number of ether oxygens (including phenoxy) is 2. The van der Waals surface area contributed by atoms with Gasteiger partial charge in [-0.3, -0.25) is 10.2 Å². The van der Waals surface area contributed by atoms with Crippen LogP contribution in [-0.4, -0.2) is 34.1 Å². The van der Waals surface area contributed by atoms with Crippen LogP contribution in [0.5, 0.6) is 11.5 Å².